The number of hydrogen-bond donors (Lipinski definition) is 0. The first-order chi connectivity index (χ1) is 15.1. The lowest BCUT2D eigenvalue weighted by molar-refractivity contribution is -0.115. The smallest absolute Gasteiger partial charge is 0.127 e. The zero-order valence-electron chi connectivity index (χ0n) is 18.8. The Hall–Kier alpha value is -2.46. The van der Waals surface area contributed by atoms with E-state index in [1.54, 1.807) is 0 Å². The summed E-state index contributed by atoms with van der Waals surface area (Å²) in [4.78, 5) is 14.7. The molecule has 4 heteroatoms. The van der Waals surface area contributed by atoms with Crippen LogP contribution in [0.1, 0.15) is 68.3 Å². The maximum atomic E-state index is 12.3. The number of aldehydes is 1. The lowest BCUT2D eigenvalue weighted by Crippen LogP contribution is -2.28. The van der Waals surface area contributed by atoms with Crippen LogP contribution in [0.5, 0.6) is 0 Å². The summed E-state index contributed by atoms with van der Waals surface area (Å²) in [6.07, 6.45) is 7.20. The number of rotatable bonds is 6. The molecule has 3 aromatic rings. The van der Waals surface area contributed by atoms with E-state index in [1.165, 1.54) is 59.7 Å². The highest BCUT2D eigenvalue weighted by Crippen LogP contribution is 2.43. The van der Waals surface area contributed by atoms with E-state index in [2.05, 4.69) is 72.0 Å². The van der Waals surface area contributed by atoms with Crippen LogP contribution in [-0.4, -0.2) is 34.1 Å². The van der Waals surface area contributed by atoms with Gasteiger partial charge in [0.1, 0.15) is 6.29 Å². The van der Waals surface area contributed by atoms with Crippen molar-refractivity contribution in [2.45, 2.75) is 64.5 Å². The van der Waals surface area contributed by atoms with Gasteiger partial charge in [-0.3, -0.25) is 9.58 Å². The first-order valence-corrected chi connectivity index (χ1v) is 11.8. The number of hydrogen-bond acceptors (Lipinski definition) is 3. The fourth-order valence-corrected chi connectivity index (χ4v) is 5.82. The fraction of sp³-hybridized carbons (Fsp3) is 0.481. The molecule has 0 radical (unpaired) electrons. The molecule has 5 rings (SSSR count). The third-order valence-corrected chi connectivity index (χ3v) is 7.54. The van der Waals surface area contributed by atoms with Crippen LogP contribution in [0.15, 0.2) is 48.5 Å². The minimum absolute atomic E-state index is 0.204. The number of likely N-dealkylation sites (tertiary alicyclic amines) is 1. The molecule has 162 valence electrons. The molecular weight excluding hydrogens is 382 g/mol. The molecule has 0 N–H and O–H groups in total. The first kappa shape index (κ1) is 20.4. The predicted octanol–water partition coefficient (Wildman–Crippen LogP) is 5.52. The quantitative estimate of drug-likeness (QED) is 0.498. The molecule has 1 aliphatic carbocycles. The van der Waals surface area contributed by atoms with E-state index in [0.29, 0.717) is 6.04 Å². The molecule has 0 unspecified atom stereocenters. The molecule has 31 heavy (non-hydrogen) atoms. The molecule has 0 amide bonds. The number of nitrogens with zero attached hydrogens (tertiary/aromatic N) is 3. The van der Waals surface area contributed by atoms with E-state index in [1.807, 2.05) is 0 Å². The molecule has 2 aromatic carbocycles. The summed E-state index contributed by atoms with van der Waals surface area (Å²) in [5, 5.41) is 6.30. The van der Waals surface area contributed by atoms with Gasteiger partial charge >= 0.3 is 0 Å². The van der Waals surface area contributed by atoms with Crippen LogP contribution in [0.4, 0.5) is 0 Å². The molecule has 2 heterocycles. The maximum Gasteiger partial charge on any atom is 0.127 e. The van der Waals surface area contributed by atoms with Crippen molar-refractivity contribution in [3.8, 4) is 0 Å². The number of carbonyl (C=O) groups excluding carboxylic acids is 1. The van der Waals surface area contributed by atoms with Crippen molar-refractivity contribution in [2.75, 3.05) is 13.1 Å². The summed E-state index contributed by atoms with van der Waals surface area (Å²) >= 11 is 0. The molecule has 0 bridgehead atoms. The molecule has 2 aliphatic rings. The van der Waals surface area contributed by atoms with E-state index < -0.39 is 0 Å². The van der Waals surface area contributed by atoms with Crippen molar-refractivity contribution in [1.82, 2.24) is 14.7 Å². The zero-order valence-corrected chi connectivity index (χ0v) is 18.8. The van der Waals surface area contributed by atoms with Gasteiger partial charge < -0.3 is 4.79 Å². The second-order valence-electron chi connectivity index (χ2n) is 9.79. The van der Waals surface area contributed by atoms with Crippen LogP contribution in [0.2, 0.25) is 0 Å². The lowest BCUT2D eigenvalue weighted by Gasteiger charge is -2.24. The minimum Gasteiger partial charge on any atom is -0.303 e. The van der Waals surface area contributed by atoms with Gasteiger partial charge in [0.2, 0.25) is 0 Å². The Bertz CT molecular complexity index is 1070. The lowest BCUT2D eigenvalue weighted by atomic mass is 9.77. The van der Waals surface area contributed by atoms with Crippen LogP contribution in [0.3, 0.4) is 0 Å². The molecule has 1 saturated heterocycles. The van der Waals surface area contributed by atoms with Crippen molar-refractivity contribution in [3.63, 3.8) is 0 Å². The summed E-state index contributed by atoms with van der Waals surface area (Å²) in [6, 6.07) is 17.9. The maximum absolute atomic E-state index is 12.3. The molecule has 0 spiro atoms. The highest BCUT2D eigenvalue weighted by atomic mass is 16.1. The molecular formula is C27H33N3O. The van der Waals surface area contributed by atoms with Crippen LogP contribution >= 0.6 is 0 Å². The molecule has 4 nitrogen and oxygen atoms in total. The van der Waals surface area contributed by atoms with Gasteiger partial charge in [-0.25, -0.2) is 0 Å². The monoisotopic (exact) mass is 415 g/mol. The Morgan fingerprint density at radius 2 is 1.90 bits per heavy atom. The van der Waals surface area contributed by atoms with Gasteiger partial charge in [0.15, 0.2) is 0 Å². The molecule has 2 atom stereocenters. The number of benzene rings is 2. The summed E-state index contributed by atoms with van der Waals surface area (Å²) in [6.45, 7) is 6.93. The van der Waals surface area contributed by atoms with E-state index in [9.17, 15) is 4.79 Å². The molecule has 2 fully saturated rings. The summed E-state index contributed by atoms with van der Waals surface area (Å²) < 4.78 is 2.31. The predicted molar refractivity (Wildman–Crippen MR) is 125 cm³/mol. The van der Waals surface area contributed by atoms with Crippen molar-refractivity contribution in [2.24, 2.45) is 5.41 Å². The highest BCUT2D eigenvalue weighted by molar-refractivity contribution is 5.83. The van der Waals surface area contributed by atoms with Crippen molar-refractivity contribution in [1.29, 1.82) is 0 Å². The van der Waals surface area contributed by atoms with Gasteiger partial charge in [0, 0.05) is 36.4 Å². The first-order valence-electron chi connectivity index (χ1n) is 11.8. The Labute approximate surface area is 185 Å². The van der Waals surface area contributed by atoms with E-state index in [4.69, 9.17) is 5.10 Å². The third kappa shape index (κ3) is 3.71. The van der Waals surface area contributed by atoms with Crippen molar-refractivity contribution >= 4 is 17.2 Å². The number of aryl methyl sites for hydroxylation is 1. The summed E-state index contributed by atoms with van der Waals surface area (Å²) in [5.74, 6) is 0.204. The largest absolute Gasteiger partial charge is 0.303 e. The van der Waals surface area contributed by atoms with Crippen LogP contribution in [-0.2, 0) is 17.8 Å². The number of aromatic nitrogens is 2. The Morgan fingerprint density at radius 3 is 2.61 bits per heavy atom. The van der Waals surface area contributed by atoms with Gasteiger partial charge in [-0.2, -0.15) is 5.10 Å². The second kappa shape index (κ2) is 8.23. The Kier molecular flexibility index (Phi) is 5.43. The summed E-state index contributed by atoms with van der Waals surface area (Å²) in [7, 11) is 0. The Balaban J connectivity index is 1.49. The average Bonchev–Trinajstić information content (AvgIpc) is 3.51. The van der Waals surface area contributed by atoms with Crippen LogP contribution in [0.25, 0.3) is 10.9 Å². The third-order valence-electron chi connectivity index (χ3n) is 7.54. The molecule has 1 aromatic heterocycles. The SMILES string of the molecule is CCc1nn(C2CCCC2)c2cc([C@@H]3CN(Cc4ccccc4)C[C@@]3(C)C=O)ccc12. The second-order valence-corrected chi connectivity index (χ2v) is 9.79. The van der Waals surface area contributed by atoms with Gasteiger partial charge in [0.05, 0.1) is 17.3 Å². The number of fused-ring (bicyclic) bond motifs is 1. The topological polar surface area (TPSA) is 38.1 Å². The highest BCUT2D eigenvalue weighted by Gasteiger charge is 2.43. The van der Waals surface area contributed by atoms with Crippen LogP contribution in [0, 0.1) is 5.41 Å². The average molecular weight is 416 g/mol. The van der Waals surface area contributed by atoms with E-state index in [-0.39, 0.29) is 11.3 Å². The van der Waals surface area contributed by atoms with Gasteiger partial charge in [-0.15, -0.1) is 0 Å². The molecule has 1 aliphatic heterocycles. The Morgan fingerprint density at radius 1 is 1.13 bits per heavy atom. The zero-order chi connectivity index (χ0) is 21.4. The van der Waals surface area contributed by atoms with Gasteiger partial charge in [-0.1, -0.05) is 69.2 Å². The fourth-order valence-electron chi connectivity index (χ4n) is 5.82. The van der Waals surface area contributed by atoms with Crippen molar-refractivity contribution < 1.29 is 4.79 Å². The standard InChI is InChI=1S/C27H33N3O/c1-3-25-23-14-13-21(15-26(23)30(28-25)22-11-7-8-12-22)24-17-29(18-27(24,2)19-31)16-20-9-5-4-6-10-20/h4-6,9-10,13-15,19,22,24H,3,7-8,11-12,16-18H2,1-2H3/t24-,27-/m0/s1. The normalized spacial score (nSPS) is 24.9. The van der Waals surface area contributed by atoms with E-state index >= 15 is 0 Å². The van der Waals surface area contributed by atoms with Crippen molar-refractivity contribution in [3.05, 3.63) is 65.4 Å². The number of carbonyl (C=O) groups is 1. The van der Waals surface area contributed by atoms with Gasteiger partial charge in [-0.05, 0) is 36.5 Å². The van der Waals surface area contributed by atoms with Gasteiger partial charge in [0.25, 0.3) is 0 Å². The molecule has 1 saturated carbocycles. The summed E-state index contributed by atoms with van der Waals surface area (Å²) in [5.41, 5.74) is 4.67. The van der Waals surface area contributed by atoms with E-state index in [0.717, 1.165) is 26.1 Å². The van der Waals surface area contributed by atoms with Crippen LogP contribution < -0.4 is 0 Å². The minimum atomic E-state index is -0.367.